The second-order valence-corrected chi connectivity index (χ2v) is 8.01. The van der Waals surface area contributed by atoms with Crippen LogP contribution in [0.1, 0.15) is 36.8 Å². The Balaban J connectivity index is 1.73. The number of hydrogen-bond donors (Lipinski definition) is 1. The molecule has 3 rings (SSSR count). The first-order valence-corrected chi connectivity index (χ1v) is 11.0. The van der Waals surface area contributed by atoms with E-state index in [9.17, 15) is 9.59 Å². The Bertz CT molecular complexity index is 993. The van der Waals surface area contributed by atoms with Gasteiger partial charge in [-0.05, 0) is 49.7 Å². The number of amides is 3. The number of aryl methyl sites for hydroxylation is 2. The van der Waals surface area contributed by atoms with Crippen molar-refractivity contribution in [2.24, 2.45) is 7.05 Å². The first-order chi connectivity index (χ1) is 15.5. The van der Waals surface area contributed by atoms with Crippen molar-refractivity contribution in [1.29, 1.82) is 0 Å². The molecule has 0 bridgehead atoms. The fourth-order valence-electron chi connectivity index (χ4n) is 3.38. The summed E-state index contributed by atoms with van der Waals surface area (Å²) in [5.74, 6) is 0.578. The number of hydrogen-bond acceptors (Lipinski definition) is 3. The van der Waals surface area contributed by atoms with Crippen molar-refractivity contribution in [3.05, 3.63) is 78.0 Å². The third-order valence-electron chi connectivity index (χ3n) is 5.38. The molecule has 32 heavy (non-hydrogen) atoms. The van der Waals surface area contributed by atoms with Crippen LogP contribution in [0, 0.1) is 6.92 Å². The molecule has 0 spiro atoms. The van der Waals surface area contributed by atoms with Crippen LogP contribution in [0.15, 0.2) is 65.4 Å². The Morgan fingerprint density at radius 2 is 1.81 bits per heavy atom. The zero-order valence-electron chi connectivity index (χ0n) is 19.1. The monoisotopic (exact) mass is 436 g/mol. The van der Waals surface area contributed by atoms with Gasteiger partial charge in [0, 0.05) is 31.2 Å². The van der Waals surface area contributed by atoms with E-state index in [1.165, 1.54) is 0 Å². The quantitative estimate of drug-likeness (QED) is 0.497. The molecule has 0 aliphatic heterocycles. The Hall–Kier alpha value is -3.48. The van der Waals surface area contributed by atoms with Crippen molar-refractivity contribution in [3.8, 4) is 0 Å². The van der Waals surface area contributed by atoms with E-state index >= 15 is 0 Å². The summed E-state index contributed by atoms with van der Waals surface area (Å²) in [5.41, 5.74) is 2.84. The normalized spacial score (nSPS) is 10.7. The number of furan rings is 1. The van der Waals surface area contributed by atoms with Crippen LogP contribution in [-0.4, -0.2) is 39.4 Å². The summed E-state index contributed by atoms with van der Waals surface area (Å²) in [5, 5.41) is 2.92. The fourth-order valence-corrected chi connectivity index (χ4v) is 3.38. The molecule has 0 saturated heterocycles. The lowest BCUT2D eigenvalue weighted by Gasteiger charge is -2.27. The summed E-state index contributed by atoms with van der Waals surface area (Å²) >= 11 is 0. The lowest BCUT2D eigenvalue weighted by atomic mass is 10.2. The summed E-state index contributed by atoms with van der Waals surface area (Å²) in [6, 6.07) is 15.0. The van der Waals surface area contributed by atoms with Gasteiger partial charge in [-0.2, -0.15) is 0 Å². The number of urea groups is 1. The molecule has 0 aliphatic carbocycles. The highest BCUT2D eigenvalue weighted by Gasteiger charge is 2.23. The van der Waals surface area contributed by atoms with Gasteiger partial charge >= 0.3 is 6.03 Å². The molecule has 2 heterocycles. The third-order valence-corrected chi connectivity index (χ3v) is 5.38. The maximum Gasteiger partial charge on any atom is 0.322 e. The number of unbranched alkanes of at least 4 members (excludes halogenated alkanes) is 1. The van der Waals surface area contributed by atoms with Crippen LogP contribution in [0.5, 0.6) is 0 Å². The van der Waals surface area contributed by atoms with Gasteiger partial charge in [0.25, 0.3) is 0 Å². The van der Waals surface area contributed by atoms with Crippen molar-refractivity contribution in [2.75, 3.05) is 18.4 Å². The molecule has 3 amide bonds. The zero-order chi connectivity index (χ0) is 22.9. The lowest BCUT2D eigenvalue weighted by molar-refractivity contribution is -0.133. The highest BCUT2D eigenvalue weighted by Crippen LogP contribution is 2.14. The molecular formula is C25H32N4O3. The number of carbonyl (C=O) groups is 2. The van der Waals surface area contributed by atoms with E-state index in [1.54, 1.807) is 16.1 Å². The number of benzene rings is 1. The van der Waals surface area contributed by atoms with E-state index < -0.39 is 0 Å². The van der Waals surface area contributed by atoms with E-state index in [1.807, 2.05) is 73.3 Å². The number of rotatable bonds is 10. The Morgan fingerprint density at radius 3 is 2.44 bits per heavy atom. The zero-order valence-corrected chi connectivity index (χ0v) is 19.1. The number of aromatic nitrogens is 1. The van der Waals surface area contributed by atoms with E-state index in [2.05, 4.69) is 12.2 Å². The van der Waals surface area contributed by atoms with Crippen molar-refractivity contribution >= 4 is 17.6 Å². The number of anilines is 1. The second kappa shape index (κ2) is 11.2. The van der Waals surface area contributed by atoms with Crippen LogP contribution in [0.3, 0.4) is 0 Å². The molecule has 0 unspecified atom stereocenters. The number of nitrogens with zero attached hydrogens (tertiary/aromatic N) is 3. The van der Waals surface area contributed by atoms with Crippen molar-refractivity contribution in [2.45, 2.75) is 39.8 Å². The summed E-state index contributed by atoms with van der Waals surface area (Å²) in [6.07, 6.45) is 5.31. The highest BCUT2D eigenvalue weighted by molar-refractivity contribution is 5.92. The van der Waals surface area contributed by atoms with Gasteiger partial charge in [0.1, 0.15) is 12.3 Å². The van der Waals surface area contributed by atoms with Gasteiger partial charge in [0.15, 0.2) is 0 Å². The molecule has 0 radical (unpaired) electrons. The highest BCUT2D eigenvalue weighted by atomic mass is 16.3. The summed E-state index contributed by atoms with van der Waals surface area (Å²) < 4.78 is 7.46. The van der Waals surface area contributed by atoms with Gasteiger partial charge < -0.3 is 24.1 Å². The van der Waals surface area contributed by atoms with Crippen LogP contribution in [0.2, 0.25) is 0 Å². The molecule has 170 valence electrons. The molecule has 1 aromatic carbocycles. The third kappa shape index (κ3) is 6.51. The predicted molar refractivity (Wildman–Crippen MR) is 125 cm³/mol. The van der Waals surface area contributed by atoms with E-state index in [0.717, 1.165) is 24.1 Å². The summed E-state index contributed by atoms with van der Waals surface area (Å²) in [4.78, 5) is 29.6. The standard InChI is InChI=1S/C25H32N4O3/c1-4-5-15-28(25(31)26-21-12-10-20(2)11-13-21)19-24(30)29(18-23-9-7-16-32-23)17-22-8-6-14-27(22)3/h6-14,16H,4-5,15,17-19H2,1-3H3,(H,26,31). The van der Waals surface area contributed by atoms with Crippen molar-refractivity contribution in [3.63, 3.8) is 0 Å². The molecule has 2 aromatic heterocycles. The molecule has 7 heteroatoms. The molecule has 3 aromatic rings. The van der Waals surface area contributed by atoms with E-state index in [0.29, 0.717) is 31.1 Å². The summed E-state index contributed by atoms with van der Waals surface area (Å²) in [6.45, 7) is 5.36. The van der Waals surface area contributed by atoms with Crippen LogP contribution >= 0.6 is 0 Å². The molecule has 0 aliphatic rings. The average Bonchev–Trinajstić information content (AvgIpc) is 3.44. The minimum absolute atomic E-state index is 0.00280. The molecule has 0 saturated carbocycles. The maximum atomic E-state index is 13.3. The van der Waals surface area contributed by atoms with Gasteiger partial charge in [-0.1, -0.05) is 31.0 Å². The van der Waals surface area contributed by atoms with Crippen molar-refractivity contribution in [1.82, 2.24) is 14.4 Å². The molecular weight excluding hydrogens is 404 g/mol. The van der Waals surface area contributed by atoms with E-state index in [4.69, 9.17) is 4.42 Å². The van der Waals surface area contributed by atoms with Gasteiger partial charge in [0.2, 0.25) is 5.91 Å². The van der Waals surface area contributed by atoms with Crippen LogP contribution < -0.4 is 5.32 Å². The first-order valence-electron chi connectivity index (χ1n) is 11.0. The van der Waals surface area contributed by atoms with Crippen LogP contribution in [-0.2, 0) is 24.9 Å². The largest absolute Gasteiger partial charge is 0.467 e. The SMILES string of the molecule is CCCCN(CC(=O)N(Cc1ccco1)Cc1cccn1C)C(=O)Nc1ccc(C)cc1. The smallest absolute Gasteiger partial charge is 0.322 e. The second-order valence-electron chi connectivity index (χ2n) is 8.01. The molecule has 0 fully saturated rings. The Morgan fingerprint density at radius 1 is 1.03 bits per heavy atom. The predicted octanol–water partition coefficient (Wildman–Crippen LogP) is 4.79. The fraction of sp³-hybridized carbons (Fsp3) is 0.360. The Labute approximate surface area is 189 Å². The van der Waals surface area contributed by atoms with Gasteiger partial charge in [-0.25, -0.2) is 4.79 Å². The van der Waals surface area contributed by atoms with Gasteiger partial charge in [-0.15, -0.1) is 0 Å². The minimum atomic E-state index is -0.271. The van der Waals surface area contributed by atoms with Gasteiger partial charge in [0.05, 0.1) is 19.4 Å². The maximum absolute atomic E-state index is 13.3. The van der Waals surface area contributed by atoms with E-state index in [-0.39, 0.29) is 18.5 Å². The van der Waals surface area contributed by atoms with Gasteiger partial charge in [-0.3, -0.25) is 4.79 Å². The molecule has 7 nitrogen and oxygen atoms in total. The molecule has 0 atom stereocenters. The molecule has 1 N–H and O–H groups in total. The topological polar surface area (TPSA) is 70.7 Å². The first kappa shape index (κ1) is 23.2. The average molecular weight is 437 g/mol. The number of carbonyl (C=O) groups excluding carboxylic acids is 2. The van der Waals surface area contributed by atoms with Crippen LogP contribution in [0.25, 0.3) is 0 Å². The van der Waals surface area contributed by atoms with Crippen molar-refractivity contribution < 1.29 is 14.0 Å². The summed E-state index contributed by atoms with van der Waals surface area (Å²) in [7, 11) is 1.95. The lowest BCUT2D eigenvalue weighted by Crippen LogP contribution is -2.44. The Kier molecular flexibility index (Phi) is 8.14. The minimum Gasteiger partial charge on any atom is -0.467 e. The number of nitrogens with one attached hydrogen (secondary N) is 1. The van der Waals surface area contributed by atoms with Crippen LogP contribution in [0.4, 0.5) is 10.5 Å².